The zero-order valence-corrected chi connectivity index (χ0v) is 15.8. The predicted octanol–water partition coefficient (Wildman–Crippen LogP) is 3.25. The average Bonchev–Trinajstić information content (AvgIpc) is 3.09. The van der Waals surface area contributed by atoms with Gasteiger partial charge in [-0.05, 0) is 12.8 Å². The van der Waals surface area contributed by atoms with Crippen LogP contribution in [-0.4, -0.2) is 35.8 Å². The number of anilines is 2. The van der Waals surface area contributed by atoms with E-state index in [2.05, 4.69) is 58.5 Å². The second-order valence-electron chi connectivity index (χ2n) is 6.65. The first-order valence-corrected chi connectivity index (χ1v) is 9.13. The molecule has 138 valence electrons. The highest BCUT2D eigenvalue weighted by molar-refractivity contribution is 5.70. The molecule has 2 N–H and O–H groups in total. The molecule has 0 unspecified atom stereocenters. The fourth-order valence-corrected chi connectivity index (χ4v) is 2.78. The summed E-state index contributed by atoms with van der Waals surface area (Å²) in [5.41, 5.74) is 2.61. The standard InChI is InChI=1S/C18H26N8/c1-5-14(6-2)22-16-7-15(21-10-13-8-19-11-20-9-13)18-24-23-17(12(3)4)26(18)25-16/h7-9,11-12,14,21H,5-6,10H2,1-4H3,(H,22,25). The Kier molecular flexibility index (Phi) is 5.60. The normalized spacial score (nSPS) is 11.5. The Hall–Kier alpha value is -2.77. The minimum atomic E-state index is 0.233. The molecule has 0 saturated heterocycles. The predicted molar refractivity (Wildman–Crippen MR) is 102 cm³/mol. The van der Waals surface area contributed by atoms with Crippen molar-refractivity contribution in [1.29, 1.82) is 0 Å². The molecule has 0 amide bonds. The van der Waals surface area contributed by atoms with Crippen molar-refractivity contribution in [3.63, 3.8) is 0 Å². The Bertz CT molecular complexity index is 839. The third kappa shape index (κ3) is 3.89. The maximum atomic E-state index is 4.72. The highest BCUT2D eigenvalue weighted by Crippen LogP contribution is 2.23. The third-order valence-corrected chi connectivity index (χ3v) is 4.35. The van der Waals surface area contributed by atoms with Crippen molar-refractivity contribution >= 4 is 17.2 Å². The first-order valence-electron chi connectivity index (χ1n) is 9.13. The summed E-state index contributed by atoms with van der Waals surface area (Å²) in [6.45, 7) is 9.13. The molecule has 3 aromatic heterocycles. The fourth-order valence-electron chi connectivity index (χ4n) is 2.78. The molecule has 8 heteroatoms. The van der Waals surface area contributed by atoms with Gasteiger partial charge in [0, 0.05) is 42.5 Å². The summed E-state index contributed by atoms with van der Waals surface area (Å²) >= 11 is 0. The van der Waals surface area contributed by atoms with Gasteiger partial charge >= 0.3 is 0 Å². The maximum absolute atomic E-state index is 4.72. The van der Waals surface area contributed by atoms with Crippen molar-refractivity contribution in [3.8, 4) is 0 Å². The van der Waals surface area contributed by atoms with Gasteiger partial charge in [-0.25, -0.2) is 9.97 Å². The number of aromatic nitrogens is 6. The van der Waals surface area contributed by atoms with E-state index in [0.717, 1.165) is 41.4 Å². The van der Waals surface area contributed by atoms with Crippen LogP contribution in [0.25, 0.3) is 5.65 Å². The summed E-state index contributed by atoms with van der Waals surface area (Å²) in [7, 11) is 0. The number of nitrogens with one attached hydrogen (secondary N) is 2. The number of nitrogens with zero attached hydrogens (tertiary/aromatic N) is 6. The van der Waals surface area contributed by atoms with Crippen LogP contribution in [0.15, 0.2) is 24.8 Å². The molecule has 0 aromatic carbocycles. The molecule has 0 aliphatic heterocycles. The monoisotopic (exact) mass is 354 g/mol. The average molecular weight is 354 g/mol. The second kappa shape index (κ2) is 8.07. The number of rotatable bonds is 8. The molecule has 26 heavy (non-hydrogen) atoms. The van der Waals surface area contributed by atoms with E-state index in [1.54, 1.807) is 12.4 Å². The Morgan fingerprint density at radius 2 is 1.81 bits per heavy atom. The van der Waals surface area contributed by atoms with Gasteiger partial charge in [0.15, 0.2) is 5.82 Å². The van der Waals surface area contributed by atoms with E-state index in [9.17, 15) is 0 Å². The molecule has 0 aliphatic carbocycles. The lowest BCUT2D eigenvalue weighted by Gasteiger charge is -2.17. The summed E-state index contributed by atoms with van der Waals surface area (Å²) in [5.74, 6) is 1.90. The van der Waals surface area contributed by atoms with Crippen molar-refractivity contribution in [2.75, 3.05) is 10.6 Å². The minimum absolute atomic E-state index is 0.233. The topological polar surface area (TPSA) is 92.9 Å². The van der Waals surface area contributed by atoms with E-state index in [-0.39, 0.29) is 5.92 Å². The van der Waals surface area contributed by atoms with Crippen LogP contribution in [0.2, 0.25) is 0 Å². The van der Waals surface area contributed by atoms with Crippen LogP contribution in [0.1, 0.15) is 57.8 Å². The molecular formula is C18H26N8. The Balaban J connectivity index is 1.96. The molecule has 0 bridgehead atoms. The molecule has 3 aromatic rings. The summed E-state index contributed by atoms with van der Waals surface area (Å²) in [6.07, 6.45) is 7.20. The third-order valence-electron chi connectivity index (χ3n) is 4.35. The van der Waals surface area contributed by atoms with E-state index in [1.807, 2.05) is 10.6 Å². The van der Waals surface area contributed by atoms with Crippen LogP contribution in [-0.2, 0) is 6.54 Å². The number of hydrogen-bond acceptors (Lipinski definition) is 7. The lowest BCUT2D eigenvalue weighted by molar-refractivity contribution is 0.661. The lowest BCUT2D eigenvalue weighted by Crippen LogP contribution is -2.19. The fraction of sp³-hybridized carbons (Fsp3) is 0.500. The van der Waals surface area contributed by atoms with E-state index < -0.39 is 0 Å². The molecule has 0 fully saturated rings. The van der Waals surface area contributed by atoms with Gasteiger partial charge in [-0.2, -0.15) is 4.52 Å². The van der Waals surface area contributed by atoms with E-state index in [4.69, 9.17) is 5.10 Å². The van der Waals surface area contributed by atoms with Crippen molar-refractivity contribution in [2.45, 2.75) is 59.0 Å². The van der Waals surface area contributed by atoms with E-state index in [1.165, 1.54) is 6.33 Å². The minimum Gasteiger partial charge on any atom is -0.378 e. The van der Waals surface area contributed by atoms with Crippen LogP contribution < -0.4 is 10.6 Å². The molecule has 8 nitrogen and oxygen atoms in total. The zero-order chi connectivity index (χ0) is 18.5. The van der Waals surface area contributed by atoms with Crippen LogP contribution >= 0.6 is 0 Å². The summed E-state index contributed by atoms with van der Waals surface area (Å²) in [6, 6.07) is 2.38. The van der Waals surface area contributed by atoms with Gasteiger partial charge in [0.2, 0.25) is 5.65 Å². The van der Waals surface area contributed by atoms with Gasteiger partial charge < -0.3 is 10.6 Å². The molecule has 3 rings (SSSR count). The van der Waals surface area contributed by atoms with Crippen molar-refractivity contribution in [3.05, 3.63) is 36.2 Å². The van der Waals surface area contributed by atoms with Gasteiger partial charge in [0.1, 0.15) is 12.1 Å². The van der Waals surface area contributed by atoms with Crippen molar-refractivity contribution in [1.82, 2.24) is 29.8 Å². The van der Waals surface area contributed by atoms with Crippen LogP contribution in [0.5, 0.6) is 0 Å². The van der Waals surface area contributed by atoms with Crippen LogP contribution in [0, 0.1) is 0 Å². The zero-order valence-electron chi connectivity index (χ0n) is 15.8. The number of fused-ring (bicyclic) bond motifs is 1. The quantitative estimate of drug-likeness (QED) is 0.641. The smallest absolute Gasteiger partial charge is 0.201 e. The molecular weight excluding hydrogens is 328 g/mol. The molecule has 0 atom stereocenters. The molecule has 0 aliphatic rings. The Labute approximate surface area is 153 Å². The summed E-state index contributed by atoms with van der Waals surface area (Å²) in [5, 5.41) is 20.3. The van der Waals surface area contributed by atoms with Crippen LogP contribution in [0.3, 0.4) is 0 Å². The van der Waals surface area contributed by atoms with Gasteiger partial charge in [-0.15, -0.1) is 15.3 Å². The largest absolute Gasteiger partial charge is 0.378 e. The van der Waals surface area contributed by atoms with Gasteiger partial charge in [0.05, 0.1) is 5.69 Å². The molecule has 0 saturated carbocycles. The van der Waals surface area contributed by atoms with Crippen LogP contribution in [0.4, 0.5) is 11.5 Å². The summed E-state index contributed by atoms with van der Waals surface area (Å²) < 4.78 is 1.83. The first kappa shape index (κ1) is 18.0. The highest BCUT2D eigenvalue weighted by Gasteiger charge is 2.16. The first-order chi connectivity index (χ1) is 12.6. The van der Waals surface area contributed by atoms with Crippen molar-refractivity contribution in [2.24, 2.45) is 0 Å². The van der Waals surface area contributed by atoms with Crippen molar-refractivity contribution < 1.29 is 0 Å². The number of hydrogen-bond donors (Lipinski definition) is 2. The van der Waals surface area contributed by atoms with Gasteiger partial charge in [-0.1, -0.05) is 27.7 Å². The summed E-state index contributed by atoms with van der Waals surface area (Å²) in [4.78, 5) is 8.11. The Morgan fingerprint density at radius 1 is 1.08 bits per heavy atom. The van der Waals surface area contributed by atoms with Gasteiger partial charge in [0.25, 0.3) is 0 Å². The lowest BCUT2D eigenvalue weighted by atomic mass is 10.2. The molecule has 0 spiro atoms. The van der Waals surface area contributed by atoms with Gasteiger partial charge in [-0.3, -0.25) is 0 Å². The molecule has 0 radical (unpaired) electrons. The molecule has 3 heterocycles. The highest BCUT2D eigenvalue weighted by atomic mass is 15.4. The second-order valence-corrected chi connectivity index (χ2v) is 6.65. The Morgan fingerprint density at radius 3 is 2.46 bits per heavy atom. The SMILES string of the molecule is CCC(CC)Nc1cc(NCc2cncnc2)c2nnc(C(C)C)n2n1. The van der Waals surface area contributed by atoms with E-state index in [0.29, 0.717) is 12.6 Å². The maximum Gasteiger partial charge on any atom is 0.201 e. The van der Waals surface area contributed by atoms with E-state index >= 15 is 0 Å².